The molecule has 0 radical (unpaired) electrons. The molecule has 2 aromatic rings. The van der Waals surface area contributed by atoms with Gasteiger partial charge in [0.05, 0.1) is 10.5 Å². The number of rotatable bonds is 3. The first-order valence-electron chi connectivity index (χ1n) is 5.86. The molecule has 0 spiro atoms. The van der Waals surface area contributed by atoms with Crippen LogP contribution in [0.25, 0.3) is 0 Å². The molecule has 1 heterocycles. The van der Waals surface area contributed by atoms with E-state index in [1.807, 2.05) is 0 Å². The van der Waals surface area contributed by atoms with E-state index in [1.54, 1.807) is 25.1 Å². The topological polar surface area (TPSA) is 111 Å². The molecule has 0 bridgehead atoms. The summed E-state index contributed by atoms with van der Waals surface area (Å²) in [5.41, 5.74) is 6.51. The van der Waals surface area contributed by atoms with Crippen molar-refractivity contribution in [2.24, 2.45) is 0 Å². The fourth-order valence-electron chi connectivity index (χ4n) is 1.66. The second-order valence-corrected chi connectivity index (χ2v) is 4.73. The Bertz CT molecular complexity index is 733. The molecule has 2 rings (SSSR count). The normalized spacial score (nSPS) is 10.2. The second kappa shape index (κ2) is 5.76. The minimum atomic E-state index is -0.645. The van der Waals surface area contributed by atoms with E-state index >= 15 is 0 Å². The van der Waals surface area contributed by atoms with Crippen LogP contribution < -0.4 is 11.1 Å². The number of aryl methyl sites for hydroxylation is 1. The van der Waals surface area contributed by atoms with Gasteiger partial charge in [0.2, 0.25) is 0 Å². The fraction of sp³-hybridized carbons (Fsp3) is 0.0769. The van der Waals surface area contributed by atoms with Crippen molar-refractivity contribution in [1.29, 1.82) is 0 Å². The van der Waals surface area contributed by atoms with Gasteiger partial charge >= 0.3 is 0 Å². The molecule has 1 amide bonds. The minimum absolute atomic E-state index is 0.0661. The summed E-state index contributed by atoms with van der Waals surface area (Å²) in [6.45, 7) is 1.79. The molecule has 0 aliphatic rings. The number of nitro groups is 1. The van der Waals surface area contributed by atoms with Crippen molar-refractivity contribution in [3.05, 3.63) is 56.7 Å². The first kappa shape index (κ1) is 14.7. The summed E-state index contributed by atoms with van der Waals surface area (Å²) in [5, 5.41) is 13.8. The van der Waals surface area contributed by atoms with Gasteiger partial charge in [-0.1, -0.05) is 17.7 Å². The highest BCUT2D eigenvalue weighted by Gasteiger charge is 2.17. The van der Waals surface area contributed by atoms with E-state index < -0.39 is 10.8 Å². The lowest BCUT2D eigenvalue weighted by atomic mass is 10.1. The molecule has 1 aromatic heterocycles. The van der Waals surface area contributed by atoms with Crippen LogP contribution in [0.1, 0.15) is 15.9 Å². The summed E-state index contributed by atoms with van der Waals surface area (Å²) in [6.07, 6.45) is 0.997. The Kier molecular flexibility index (Phi) is 4.04. The molecular formula is C13H11ClN4O3. The molecule has 7 nitrogen and oxygen atoms in total. The van der Waals surface area contributed by atoms with Gasteiger partial charge in [-0.2, -0.15) is 0 Å². The lowest BCUT2D eigenvalue weighted by molar-refractivity contribution is -0.385. The molecule has 3 N–H and O–H groups in total. The molecule has 0 fully saturated rings. The molecule has 0 saturated carbocycles. The molecule has 21 heavy (non-hydrogen) atoms. The second-order valence-electron chi connectivity index (χ2n) is 4.30. The van der Waals surface area contributed by atoms with Crippen molar-refractivity contribution in [2.75, 3.05) is 11.1 Å². The van der Waals surface area contributed by atoms with Crippen molar-refractivity contribution in [2.45, 2.75) is 6.92 Å². The van der Waals surface area contributed by atoms with Crippen molar-refractivity contribution in [3.8, 4) is 0 Å². The maximum Gasteiger partial charge on any atom is 0.288 e. The highest BCUT2D eigenvalue weighted by atomic mass is 35.5. The van der Waals surface area contributed by atoms with Gasteiger partial charge in [0.25, 0.3) is 11.6 Å². The zero-order chi connectivity index (χ0) is 15.6. The van der Waals surface area contributed by atoms with E-state index in [0.717, 1.165) is 17.8 Å². The maximum atomic E-state index is 12.2. The van der Waals surface area contributed by atoms with Crippen molar-refractivity contribution in [3.63, 3.8) is 0 Å². The van der Waals surface area contributed by atoms with E-state index in [1.165, 1.54) is 0 Å². The van der Waals surface area contributed by atoms with Gasteiger partial charge in [-0.05, 0) is 24.6 Å². The Balaban J connectivity index is 2.34. The summed E-state index contributed by atoms with van der Waals surface area (Å²) in [5.74, 6) is -0.674. The highest BCUT2D eigenvalue weighted by molar-refractivity contribution is 6.31. The van der Waals surface area contributed by atoms with Crippen LogP contribution in [-0.4, -0.2) is 15.8 Å². The number of pyridine rings is 1. The number of hydrogen-bond donors (Lipinski definition) is 2. The van der Waals surface area contributed by atoms with Crippen LogP contribution in [0.3, 0.4) is 0 Å². The van der Waals surface area contributed by atoms with E-state index in [9.17, 15) is 14.9 Å². The largest absolute Gasteiger partial charge is 0.383 e. The highest BCUT2D eigenvalue weighted by Crippen LogP contribution is 2.23. The Morgan fingerprint density at radius 1 is 1.43 bits per heavy atom. The number of aromatic nitrogens is 1. The van der Waals surface area contributed by atoms with Gasteiger partial charge in [-0.15, -0.1) is 0 Å². The van der Waals surface area contributed by atoms with Gasteiger partial charge in [-0.3, -0.25) is 14.9 Å². The summed E-state index contributed by atoms with van der Waals surface area (Å²) in [4.78, 5) is 25.9. The van der Waals surface area contributed by atoms with Gasteiger partial charge in [0, 0.05) is 16.8 Å². The Hall–Kier alpha value is -2.67. The summed E-state index contributed by atoms with van der Waals surface area (Å²) in [7, 11) is 0. The van der Waals surface area contributed by atoms with Crippen molar-refractivity contribution >= 4 is 34.7 Å². The van der Waals surface area contributed by atoms with E-state index in [2.05, 4.69) is 10.3 Å². The molecule has 0 saturated heterocycles. The number of nitrogens with zero attached hydrogens (tertiary/aromatic N) is 2. The quantitative estimate of drug-likeness (QED) is 0.669. The number of nitrogens with one attached hydrogen (secondary N) is 1. The number of benzene rings is 1. The summed E-state index contributed by atoms with van der Waals surface area (Å²) >= 11 is 5.87. The van der Waals surface area contributed by atoms with Crippen LogP contribution >= 0.6 is 11.6 Å². The average molecular weight is 307 g/mol. The number of nitrogen functional groups attached to an aromatic ring is 1. The van der Waals surface area contributed by atoms with Crippen LogP contribution in [-0.2, 0) is 0 Å². The molecule has 0 atom stereocenters. The number of carbonyl (C=O) groups excluding carboxylic acids is 1. The van der Waals surface area contributed by atoms with Gasteiger partial charge < -0.3 is 11.1 Å². The number of anilines is 2. The van der Waals surface area contributed by atoms with Gasteiger partial charge in [-0.25, -0.2) is 4.98 Å². The molecule has 0 aliphatic heterocycles. The Morgan fingerprint density at radius 2 is 2.14 bits per heavy atom. The van der Waals surface area contributed by atoms with Crippen LogP contribution in [0, 0.1) is 17.0 Å². The number of carbonyl (C=O) groups is 1. The SMILES string of the molecule is Cc1ccc(Cl)cc1NC(=O)c1cc([N+](=O)[O-])cnc1N. The van der Waals surface area contributed by atoms with Crippen LogP contribution in [0.2, 0.25) is 5.02 Å². The third kappa shape index (κ3) is 3.26. The molecule has 108 valence electrons. The lowest BCUT2D eigenvalue weighted by Crippen LogP contribution is -2.16. The smallest absolute Gasteiger partial charge is 0.288 e. The van der Waals surface area contributed by atoms with Crippen LogP contribution in [0.4, 0.5) is 17.2 Å². The first-order valence-corrected chi connectivity index (χ1v) is 6.23. The predicted octanol–water partition coefficient (Wildman–Crippen LogP) is 2.79. The van der Waals surface area contributed by atoms with Gasteiger partial charge in [0.1, 0.15) is 12.0 Å². The summed E-state index contributed by atoms with van der Waals surface area (Å²) in [6, 6.07) is 6.09. The molecule has 1 aromatic carbocycles. The maximum absolute atomic E-state index is 12.2. The monoisotopic (exact) mass is 306 g/mol. The molecule has 0 aliphatic carbocycles. The fourth-order valence-corrected chi connectivity index (χ4v) is 1.84. The average Bonchev–Trinajstić information content (AvgIpc) is 2.43. The zero-order valence-corrected chi connectivity index (χ0v) is 11.7. The minimum Gasteiger partial charge on any atom is -0.383 e. The standard InChI is InChI=1S/C13H11ClN4O3/c1-7-2-3-8(14)4-11(7)17-13(19)10-5-9(18(20)21)6-16-12(10)15/h2-6H,1H3,(H2,15,16)(H,17,19). The van der Waals surface area contributed by atoms with Crippen molar-refractivity contribution in [1.82, 2.24) is 4.98 Å². The molecular weight excluding hydrogens is 296 g/mol. The zero-order valence-electron chi connectivity index (χ0n) is 11.0. The molecule has 8 heteroatoms. The summed E-state index contributed by atoms with van der Waals surface area (Å²) < 4.78 is 0. The number of halogens is 1. The van der Waals surface area contributed by atoms with E-state index in [4.69, 9.17) is 17.3 Å². The van der Waals surface area contributed by atoms with E-state index in [-0.39, 0.29) is 17.1 Å². The van der Waals surface area contributed by atoms with Crippen LogP contribution in [0.5, 0.6) is 0 Å². The van der Waals surface area contributed by atoms with Crippen LogP contribution in [0.15, 0.2) is 30.5 Å². The lowest BCUT2D eigenvalue weighted by Gasteiger charge is -2.09. The number of amides is 1. The Morgan fingerprint density at radius 3 is 2.81 bits per heavy atom. The number of hydrogen-bond acceptors (Lipinski definition) is 5. The molecule has 0 unspecified atom stereocenters. The predicted molar refractivity (Wildman–Crippen MR) is 79.4 cm³/mol. The first-order chi connectivity index (χ1) is 9.88. The van der Waals surface area contributed by atoms with E-state index in [0.29, 0.717) is 10.7 Å². The number of nitrogens with two attached hydrogens (primary N) is 1. The third-order valence-corrected chi connectivity index (χ3v) is 3.04. The van der Waals surface area contributed by atoms with Gasteiger partial charge in [0.15, 0.2) is 0 Å². The third-order valence-electron chi connectivity index (χ3n) is 2.81. The van der Waals surface area contributed by atoms with Crippen molar-refractivity contribution < 1.29 is 9.72 Å². The Labute approximate surface area is 124 Å².